The Balaban J connectivity index is 1.35. The van der Waals surface area contributed by atoms with Crippen LogP contribution < -0.4 is 23.7 Å². The summed E-state index contributed by atoms with van der Waals surface area (Å²) in [6.45, 7) is 6.18. The zero-order chi connectivity index (χ0) is 29.1. The van der Waals surface area contributed by atoms with Crippen molar-refractivity contribution in [2.24, 2.45) is 0 Å². The van der Waals surface area contributed by atoms with Crippen LogP contribution in [0, 0.1) is 0 Å². The number of aromatic nitrogens is 1. The molecule has 0 saturated carbocycles. The van der Waals surface area contributed by atoms with E-state index in [0.717, 1.165) is 48.9 Å². The molecule has 1 aliphatic carbocycles. The minimum absolute atomic E-state index is 0.848. The lowest BCUT2D eigenvalue weighted by molar-refractivity contribution is -0.665. The van der Waals surface area contributed by atoms with E-state index in [-0.39, 0.29) is 0 Å². The molecule has 4 aromatic rings. The van der Waals surface area contributed by atoms with E-state index in [0.29, 0.717) is 0 Å². The van der Waals surface area contributed by atoms with E-state index in [1.54, 1.807) is 37.3 Å². The average Bonchev–Trinajstić information content (AvgIpc) is 3.70. The Morgan fingerprint density at radius 2 is 1.64 bits per heavy atom. The van der Waals surface area contributed by atoms with Crippen molar-refractivity contribution < 1.29 is 18.8 Å². The molecule has 2 heterocycles. The number of ether oxygens (including phenoxy) is 3. The Kier molecular flexibility index (Phi) is 8.40. The standard InChI is InChI=1S/C35H35N2O3S2/c1-5-36-29-18-16-27(38-3)22-31(29)41-33(36)20-14-24-12-13-25(35(24)40-26-10-8-7-9-11-26)15-21-34-37(6-2)30-19-17-28(39-4)23-32(30)42-34/h7-11,14-23H,5-6,12-13H2,1-4H3/q+1. The Labute approximate surface area is 256 Å². The minimum atomic E-state index is 0.848. The molecule has 0 N–H and O–H groups in total. The number of thioether (sulfide) groups is 1. The lowest BCUT2D eigenvalue weighted by Gasteiger charge is -2.18. The van der Waals surface area contributed by atoms with Crippen LogP contribution in [0.5, 0.6) is 17.2 Å². The van der Waals surface area contributed by atoms with E-state index in [2.05, 4.69) is 71.9 Å². The third-order valence-electron chi connectivity index (χ3n) is 7.57. The van der Waals surface area contributed by atoms with Crippen LogP contribution in [-0.4, -0.2) is 20.8 Å². The van der Waals surface area contributed by atoms with Gasteiger partial charge in [0.05, 0.1) is 24.9 Å². The molecule has 0 fully saturated rings. The van der Waals surface area contributed by atoms with Gasteiger partial charge in [-0.3, -0.25) is 0 Å². The predicted molar refractivity (Wildman–Crippen MR) is 175 cm³/mol. The maximum Gasteiger partial charge on any atom is 0.262 e. The molecule has 5 nitrogen and oxygen atoms in total. The molecule has 0 bridgehead atoms. The van der Waals surface area contributed by atoms with Crippen molar-refractivity contribution >= 4 is 45.1 Å². The summed E-state index contributed by atoms with van der Waals surface area (Å²) in [5.74, 6) is 3.56. The summed E-state index contributed by atoms with van der Waals surface area (Å²) in [5.41, 5.74) is 4.87. The fourth-order valence-corrected chi connectivity index (χ4v) is 7.74. The molecule has 0 radical (unpaired) electrons. The van der Waals surface area contributed by atoms with Gasteiger partial charge in [0.15, 0.2) is 0 Å². The molecule has 0 saturated heterocycles. The number of anilines is 1. The molecule has 7 heteroatoms. The van der Waals surface area contributed by atoms with Crippen LogP contribution in [0.2, 0.25) is 0 Å². The third-order valence-corrected chi connectivity index (χ3v) is 9.80. The topological polar surface area (TPSA) is 34.8 Å². The van der Waals surface area contributed by atoms with E-state index in [1.165, 1.54) is 42.0 Å². The molecule has 2 aliphatic rings. The van der Waals surface area contributed by atoms with Crippen LogP contribution in [-0.2, 0) is 6.54 Å². The summed E-state index contributed by atoms with van der Waals surface area (Å²) in [4.78, 5) is 3.57. The molecular formula is C35H35N2O3S2+. The average molecular weight is 596 g/mol. The Morgan fingerprint density at radius 3 is 2.40 bits per heavy atom. The predicted octanol–water partition coefficient (Wildman–Crippen LogP) is 8.77. The molecule has 0 amide bonds. The quantitative estimate of drug-likeness (QED) is 0.181. The van der Waals surface area contributed by atoms with Gasteiger partial charge in [-0.05, 0) is 86.4 Å². The second-order valence-corrected chi connectivity index (χ2v) is 12.1. The molecule has 42 heavy (non-hydrogen) atoms. The third kappa shape index (κ3) is 5.59. The molecular weight excluding hydrogens is 561 g/mol. The number of methoxy groups -OCH3 is 2. The number of aryl methyl sites for hydroxylation is 1. The first-order valence-electron chi connectivity index (χ1n) is 14.3. The van der Waals surface area contributed by atoms with Crippen LogP contribution in [0.15, 0.2) is 112 Å². The summed E-state index contributed by atoms with van der Waals surface area (Å²) < 4.78 is 21.1. The second-order valence-electron chi connectivity index (χ2n) is 10.00. The first-order valence-corrected chi connectivity index (χ1v) is 15.9. The maximum atomic E-state index is 6.57. The second kappa shape index (κ2) is 12.5. The van der Waals surface area contributed by atoms with Gasteiger partial charge in [-0.25, -0.2) is 0 Å². The zero-order valence-electron chi connectivity index (χ0n) is 24.4. The fraction of sp³-hybridized carbons (Fsp3) is 0.229. The normalized spacial score (nSPS) is 16.8. The smallest absolute Gasteiger partial charge is 0.262 e. The van der Waals surface area contributed by atoms with Crippen LogP contribution in [0.25, 0.3) is 16.3 Å². The van der Waals surface area contributed by atoms with Gasteiger partial charge in [-0.15, -0.1) is 0 Å². The Bertz CT molecular complexity index is 1730. The molecule has 1 aromatic heterocycles. The Hall–Kier alpha value is -3.94. The summed E-state index contributed by atoms with van der Waals surface area (Å²) in [5, 5.41) is 2.42. The van der Waals surface area contributed by atoms with Crippen molar-refractivity contribution in [2.45, 2.75) is 38.1 Å². The van der Waals surface area contributed by atoms with Crippen LogP contribution >= 0.6 is 23.1 Å². The first-order chi connectivity index (χ1) is 20.6. The molecule has 0 unspecified atom stereocenters. The van der Waals surface area contributed by atoms with Crippen LogP contribution in [0.3, 0.4) is 0 Å². The number of thiazole rings is 1. The number of benzene rings is 3. The van der Waals surface area contributed by atoms with Gasteiger partial charge in [0.25, 0.3) is 5.01 Å². The largest absolute Gasteiger partial charge is 0.497 e. The highest BCUT2D eigenvalue weighted by atomic mass is 32.2. The summed E-state index contributed by atoms with van der Waals surface area (Å²) in [6.07, 6.45) is 10.8. The molecule has 214 valence electrons. The van der Waals surface area contributed by atoms with E-state index in [9.17, 15) is 0 Å². The van der Waals surface area contributed by atoms with Crippen molar-refractivity contribution in [1.29, 1.82) is 0 Å². The molecule has 0 spiro atoms. The number of fused-ring (bicyclic) bond motifs is 2. The SMILES string of the molecule is CCN1C(=CC=C2CCC(C=Cc3sc4cc(OC)ccc4[n+]3CC)=C2Oc2ccccc2)Sc2cc(OC)ccc21. The van der Waals surface area contributed by atoms with E-state index in [1.807, 2.05) is 42.5 Å². The van der Waals surface area contributed by atoms with E-state index >= 15 is 0 Å². The van der Waals surface area contributed by atoms with Crippen LogP contribution in [0.1, 0.15) is 31.7 Å². The maximum absolute atomic E-state index is 6.57. The lowest BCUT2D eigenvalue weighted by atomic mass is 10.2. The summed E-state index contributed by atoms with van der Waals surface area (Å²) in [6, 6.07) is 22.7. The number of hydrogen-bond donors (Lipinski definition) is 0. The molecule has 6 rings (SSSR count). The van der Waals surface area contributed by atoms with Gasteiger partial charge in [0.1, 0.15) is 34.3 Å². The summed E-state index contributed by atoms with van der Waals surface area (Å²) >= 11 is 3.57. The van der Waals surface area contributed by atoms with Gasteiger partial charge in [-0.1, -0.05) is 47.4 Å². The van der Waals surface area contributed by atoms with Crippen molar-refractivity contribution in [3.8, 4) is 17.2 Å². The first kappa shape index (κ1) is 28.2. The minimum Gasteiger partial charge on any atom is -0.497 e. The number of hydrogen-bond acceptors (Lipinski definition) is 6. The van der Waals surface area contributed by atoms with Crippen molar-refractivity contribution in [1.82, 2.24) is 0 Å². The monoisotopic (exact) mass is 595 g/mol. The van der Waals surface area contributed by atoms with Gasteiger partial charge < -0.3 is 19.1 Å². The van der Waals surface area contributed by atoms with Gasteiger partial charge in [0.2, 0.25) is 5.52 Å². The van der Waals surface area contributed by atoms with Crippen molar-refractivity contribution in [2.75, 3.05) is 25.7 Å². The highest BCUT2D eigenvalue weighted by molar-refractivity contribution is 8.03. The number of rotatable bonds is 9. The van der Waals surface area contributed by atoms with E-state index < -0.39 is 0 Å². The summed E-state index contributed by atoms with van der Waals surface area (Å²) in [7, 11) is 3.43. The highest BCUT2D eigenvalue weighted by Gasteiger charge is 2.26. The molecule has 1 aliphatic heterocycles. The van der Waals surface area contributed by atoms with Crippen LogP contribution in [0.4, 0.5) is 5.69 Å². The number of para-hydroxylation sites is 1. The highest BCUT2D eigenvalue weighted by Crippen LogP contribution is 2.47. The number of allylic oxidation sites excluding steroid dienone is 5. The molecule has 0 atom stereocenters. The number of nitrogens with zero attached hydrogens (tertiary/aromatic N) is 2. The molecule has 3 aromatic carbocycles. The van der Waals surface area contributed by atoms with Crippen molar-refractivity contribution in [3.05, 3.63) is 112 Å². The fourth-order valence-electron chi connectivity index (χ4n) is 5.43. The van der Waals surface area contributed by atoms with E-state index in [4.69, 9.17) is 14.2 Å². The van der Waals surface area contributed by atoms with Crippen molar-refractivity contribution in [3.63, 3.8) is 0 Å². The lowest BCUT2D eigenvalue weighted by Crippen LogP contribution is -2.33. The Morgan fingerprint density at radius 1 is 0.857 bits per heavy atom. The zero-order valence-corrected chi connectivity index (χ0v) is 26.1. The van der Waals surface area contributed by atoms with Gasteiger partial charge in [0, 0.05) is 29.6 Å². The van der Waals surface area contributed by atoms with Gasteiger partial charge in [-0.2, -0.15) is 4.57 Å². The van der Waals surface area contributed by atoms with Gasteiger partial charge >= 0.3 is 0 Å².